The maximum atomic E-state index is 12.6. The van der Waals surface area contributed by atoms with Crippen molar-refractivity contribution in [1.29, 1.82) is 0 Å². The van der Waals surface area contributed by atoms with Gasteiger partial charge in [0, 0.05) is 18.4 Å². The normalized spacial score (nSPS) is 18.8. The van der Waals surface area contributed by atoms with E-state index in [9.17, 15) is 14.4 Å². The first-order valence-corrected chi connectivity index (χ1v) is 8.48. The van der Waals surface area contributed by atoms with Gasteiger partial charge in [0.1, 0.15) is 12.1 Å². The van der Waals surface area contributed by atoms with Crippen LogP contribution in [0.3, 0.4) is 0 Å². The molecule has 1 aromatic rings. The first kappa shape index (κ1) is 19.0. The zero-order valence-electron chi connectivity index (χ0n) is 15.2. The predicted octanol–water partition coefficient (Wildman–Crippen LogP) is 1.68. The van der Waals surface area contributed by atoms with Crippen molar-refractivity contribution >= 4 is 17.8 Å². The van der Waals surface area contributed by atoms with E-state index in [1.165, 1.54) is 12.0 Å². The van der Waals surface area contributed by atoms with Crippen LogP contribution in [0.15, 0.2) is 30.3 Å². The highest BCUT2D eigenvalue weighted by atomic mass is 16.5. The van der Waals surface area contributed by atoms with Crippen LogP contribution in [0, 0.1) is 0 Å². The number of nitrogens with zero attached hydrogens (tertiary/aromatic N) is 1. The number of rotatable bonds is 5. The number of methoxy groups -OCH3 is 1. The monoisotopic (exact) mass is 346 g/mol. The summed E-state index contributed by atoms with van der Waals surface area (Å²) >= 11 is 0. The number of benzene rings is 1. The summed E-state index contributed by atoms with van der Waals surface area (Å²) in [4.78, 5) is 38.8. The number of ether oxygens (including phenoxy) is 1. The molecule has 0 bridgehead atoms. The van der Waals surface area contributed by atoms with E-state index in [2.05, 4.69) is 5.32 Å². The lowest BCUT2D eigenvalue weighted by Crippen LogP contribution is -2.55. The molecule has 0 aromatic heterocycles. The van der Waals surface area contributed by atoms with E-state index in [0.717, 1.165) is 5.56 Å². The van der Waals surface area contributed by atoms with Gasteiger partial charge in [-0.25, -0.2) is 4.79 Å². The Balaban J connectivity index is 2.27. The third-order valence-electron chi connectivity index (χ3n) is 4.14. The molecule has 0 aliphatic carbocycles. The standard InChI is InChI=1S/C19H26N2O4/c1-19(2,3)20-17(23)14-10-11-16(22)21(14)15(18(24)25-4)12-13-8-6-5-7-9-13/h5-9,14-15H,10-12H2,1-4H3,(H,20,23)/t14-,15+/m1/s1. The molecule has 25 heavy (non-hydrogen) atoms. The average Bonchev–Trinajstić information content (AvgIpc) is 2.93. The summed E-state index contributed by atoms with van der Waals surface area (Å²) in [6.45, 7) is 5.65. The molecule has 1 aliphatic heterocycles. The number of nitrogens with one attached hydrogen (secondary N) is 1. The summed E-state index contributed by atoms with van der Waals surface area (Å²) < 4.78 is 4.91. The number of hydrogen-bond acceptors (Lipinski definition) is 4. The maximum Gasteiger partial charge on any atom is 0.328 e. The van der Waals surface area contributed by atoms with Crippen molar-refractivity contribution in [3.8, 4) is 0 Å². The van der Waals surface area contributed by atoms with Gasteiger partial charge in [-0.1, -0.05) is 30.3 Å². The number of esters is 1. The van der Waals surface area contributed by atoms with Crippen LogP contribution in [0.5, 0.6) is 0 Å². The van der Waals surface area contributed by atoms with Gasteiger partial charge >= 0.3 is 5.97 Å². The van der Waals surface area contributed by atoms with Gasteiger partial charge in [0.15, 0.2) is 0 Å². The van der Waals surface area contributed by atoms with Crippen LogP contribution in [0.1, 0.15) is 39.2 Å². The molecule has 0 radical (unpaired) electrons. The summed E-state index contributed by atoms with van der Waals surface area (Å²) in [6, 6.07) is 7.95. The smallest absolute Gasteiger partial charge is 0.328 e. The summed E-state index contributed by atoms with van der Waals surface area (Å²) in [7, 11) is 1.30. The van der Waals surface area contributed by atoms with Gasteiger partial charge in [-0.15, -0.1) is 0 Å². The minimum atomic E-state index is -0.807. The van der Waals surface area contributed by atoms with Crippen molar-refractivity contribution in [2.24, 2.45) is 0 Å². The van der Waals surface area contributed by atoms with Crippen LogP contribution in [0.25, 0.3) is 0 Å². The third-order valence-corrected chi connectivity index (χ3v) is 4.14. The van der Waals surface area contributed by atoms with E-state index in [-0.39, 0.29) is 18.2 Å². The van der Waals surface area contributed by atoms with Crippen LogP contribution in [0.2, 0.25) is 0 Å². The van der Waals surface area contributed by atoms with Gasteiger partial charge in [0.05, 0.1) is 7.11 Å². The molecular weight excluding hydrogens is 320 g/mol. The van der Waals surface area contributed by atoms with Crippen molar-refractivity contribution < 1.29 is 19.1 Å². The van der Waals surface area contributed by atoms with Gasteiger partial charge in [0.2, 0.25) is 11.8 Å². The van der Waals surface area contributed by atoms with Gasteiger partial charge < -0.3 is 15.0 Å². The SMILES string of the molecule is COC(=O)[C@H](Cc1ccccc1)N1C(=O)CC[C@@H]1C(=O)NC(C)(C)C. The molecule has 1 N–H and O–H groups in total. The molecule has 6 nitrogen and oxygen atoms in total. The summed E-state index contributed by atoms with van der Waals surface area (Å²) in [6.07, 6.45) is 0.978. The molecule has 1 heterocycles. The quantitative estimate of drug-likeness (QED) is 0.823. The molecule has 0 unspecified atom stereocenters. The van der Waals surface area contributed by atoms with Gasteiger partial charge in [-0.2, -0.15) is 0 Å². The van der Waals surface area contributed by atoms with Crippen LogP contribution in [-0.2, 0) is 25.5 Å². The second-order valence-electron chi connectivity index (χ2n) is 7.32. The summed E-state index contributed by atoms with van der Waals surface area (Å²) in [5, 5.41) is 2.90. The molecule has 0 saturated carbocycles. The first-order chi connectivity index (χ1) is 11.7. The number of carbonyl (C=O) groups excluding carboxylic acids is 3. The highest BCUT2D eigenvalue weighted by molar-refractivity contribution is 5.94. The molecule has 2 rings (SSSR count). The molecule has 2 atom stereocenters. The minimum absolute atomic E-state index is 0.194. The molecule has 1 aromatic carbocycles. The Kier molecular flexibility index (Phi) is 5.82. The Bertz CT molecular complexity index is 637. The van der Waals surface area contributed by atoms with Gasteiger partial charge in [-0.05, 0) is 32.8 Å². The van der Waals surface area contributed by atoms with Crippen molar-refractivity contribution in [2.45, 2.75) is 57.7 Å². The van der Waals surface area contributed by atoms with Crippen molar-refractivity contribution in [3.63, 3.8) is 0 Å². The molecule has 1 saturated heterocycles. The lowest BCUT2D eigenvalue weighted by Gasteiger charge is -2.32. The Morgan fingerprint density at radius 2 is 1.92 bits per heavy atom. The second kappa shape index (κ2) is 7.68. The summed E-state index contributed by atoms with van der Waals surface area (Å²) in [5.74, 6) is -0.937. The first-order valence-electron chi connectivity index (χ1n) is 8.48. The lowest BCUT2D eigenvalue weighted by molar-refractivity contribution is -0.154. The molecule has 6 heteroatoms. The van der Waals surface area contributed by atoms with Gasteiger partial charge in [0.25, 0.3) is 0 Å². The fraction of sp³-hybridized carbons (Fsp3) is 0.526. The van der Waals surface area contributed by atoms with Crippen LogP contribution in [0.4, 0.5) is 0 Å². The second-order valence-corrected chi connectivity index (χ2v) is 7.32. The van der Waals surface area contributed by atoms with E-state index in [1.54, 1.807) is 0 Å². The zero-order chi connectivity index (χ0) is 18.6. The largest absolute Gasteiger partial charge is 0.467 e. The number of carbonyl (C=O) groups is 3. The Morgan fingerprint density at radius 3 is 2.48 bits per heavy atom. The predicted molar refractivity (Wildman–Crippen MR) is 93.7 cm³/mol. The summed E-state index contributed by atoms with van der Waals surface area (Å²) in [5.41, 5.74) is 0.502. The number of likely N-dealkylation sites (tertiary alicyclic amines) is 1. The van der Waals surface area contributed by atoms with Gasteiger partial charge in [-0.3, -0.25) is 9.59 Å². The van der Waals surface area contributed by atoms with E-state index in [4.69, 9.17) is 4.74 Å². The average molecular weight is 346 g/mol. The molecule has 1 fully saturated rings. The molecular formula is C19H26N2O4. The number of amides is 2. The Morgan fingerprint density at radius 1 is 1.28 bits per heavy atom. The fourth-order valence-corrected chi connectivity index (χ4v) is 3.07. The highest BCUT2D eigenvalue weighted by Gasteiger charge is 2.44. The van der Waals surface area contributed by atoms with Crippen molar-refractivity contribution in [1.82, 2.24) is 10.2 Å². The number of hydrogen-bond donors (Lipinski definition) is 1. The maximum absolute atomic E-state index is 12.6. The minimum Gasteiger partial charge on any atom is -0.467 e. The Labute approximate surface area is 148 Å². The van der Waals surface area contributed by atoms with E-state index < -0.39 is 23.6 Å². The van der Waals surface area contributed by atoms with Crippen molar-refractivity contribution in [3.05, 3.63) is 35.9 Å². The Hall–Kier alpha value is -2.37. The molecule has 1 aliphatic rings. The fourth-order valence-electron chi connectivity index (χ4n) is 3.07. The van der Waals surface area contributed by atoms with Crippen molar-refractivity contribution in [2.75, 3.05) is 7.11 Å². The van der Waals surface area contributed by atoms with E-state index in [0.29, 0.717) is 12.8 Å². The molecule has 0 spiro atoms. The van der Waals surface area contributed by atoms with E-state index >= 15 is 0 Å². The lowest BCUT2D eigenvalue weighted by atomic mass is 10.0. The van der Waals surface area contributed by atoms with Crippen LogP contribution >= 0.6 is 0 Å². The van der Waals surface area contributed by atoms with E-state index in [1.807, 2.05) is 51.1 Å². The van der Waals surface area contributed by atoms with Crippen LogP contribution in [-0.4, -0.2) is 47.4 Å². The molecule has 136 valence electrons. The third kappa shape index (κ3) is 4.81. The van der Waals surface area contributed by atoms with Crippen LogP contribution < -0.4 is 5.32 Å². The molecule has 2 amide bonds. The highest BCUT2D eigenvalue weighted by Crippen LogP contribution is 2.25. The topological polar surface area (TPSA) is 75.7 Å². The zero-order valence-corrected chi connectivity index (χ0v) is 15.2.